The van der Waals surface area contributed by atoms with Crippen molar-refractivity contribution in [1.82, 2.24) is 4.90 Å². The van der Waals surface area contributed by atoms with Crippen molar-refractivity contribution < 1.29 is 14.0 Å². The van der Waals surface area contributed by atoms with Crippen molar-refractivity contribution in [2.75, 3.05) is 18.0 Å². The molecule has 126 valence electrons. The second-order valence-electron chi connectivity index (χ2n) is 7.45. The zero-order valence-corrected chi connectivity index (χ0v) is 14.5. The molecule has 23 heavy (non-hydrogen) atoms. The van der Waals surface area contributed by atoms with Gasteiger partial charge < -0.3 is 9.80 Å². The third-order valence-electron chi connectivity index (χ3n) is 4.05. The van der Waals surface area contributed by atoms with Crippen LogP contribution in [0.5, 0.6) is 0 Å². The molecule has 0 N–H and O–H groups in total. The van der Waals surface area contributed by atoms with Crippen molar-refractivity contribution in [1.29, 1.82) is 0 Å². The summed E-state index contributed by atoms with van der Waals surface area (Å²) in [7, 11) is 0. The second-order valence-corrected chi connectivity index (χ2v) is 7.45. The Balaban J connectivity index is 2.18. The number of anilines is 1. The number of hydrogen-bond donors (Lipinski definition) is 0. The molecule has 2 rings (SSSR count). The average molecular weight is 320 g/mol. The molecule has 0 spiro atoms. The third-order valence-corrected chi connectivity index (χ3v) is 4.05. The van der Waals surface area contributed by atoms with E-state index < -0.39 is 11.9 Å². The van der Waals surface area contributed by atoms with Gasteiger partial charge in [0, 0.05) is 19.5 Å². The number of amides is 2. The van der Waals surface area contributed by atoms with Gasteiger partial charge in [-0.05, 0) is 37.0 Å². The summed E-state index contributed by atoms with van der Waals surface area (Å²) < 4.78 is 14.1. The molecule has 0 saturated carbocycles. The Morgan fingerprint density at radius 2 is 1.96 bits per heavy atom. The number of halogens is 1. The first-order valence-electron chi connectivity index (χ1n) is 7.97. The van der Waals surface area contributed by atoms with Gasteiger partial charge in [0.1, 0.15) is 11.9 Å². The first kappa shape index (κ1) is 17.4. The minimum Gasteiger partial charge on any atom is -0.329 e. The van der Waals surface area contributed by atoms with Crippen molar-refractivity contribution >= 4 is 17.5 Å². The summed E-state index contributed by atoms with van der Waals surface area (Å²) in [5, 5.41) is 0. The number of aryl methyl sites for hydroxylation is 1. The lowest BCUT2D eigenvalue weighted by Gasteiger charge is -2.40. The quantitative estimate of drug-likeness (QED) is 0.840. The van der Waals surface area contributed by atoms with Crippen LogP contribution >= 0.6 is 0 Å². The van der Waals surface area contributed by atoms with Gasteiger partial charge in [-0.2, -0.15) is 0 Å². The Morgan fingerprint density at radius 3 is 2.57 bits per heavy atom. The highest BCUT2D eigenvalue weighted by Gasteiger charge is 2.36. The molecule has 1 atom stereocenters. The minimum atomic E-state index is -0.571. The maximum atomic E-state index is 14.1. The Labute approximate surface area is 137 Å². The largest absolute Gasteiger partial charge is 0.329 e. The predicted molar refractivity (Wildman–Crippen MR) is 88.7 cm³/mol. The van der Waals surface area contributed by atoms with Crippen molar-refractivity contribution in [3.63, 3.8) is 0 Å². The molecule has 1 fully saturated rings. The molecular weight excluding hydrogens is 295 g/mol. The Kier molecular flexibility index (Phi) is 4.78. The van der Waals surface area contributed by atoms with Crippen LogP contribution in [0.3, 0.4) is 0 Å². The molecule has 1 unspecified atom stereocenters. The lowest BCUT2D eigenvalue weighted by Crippen LogP contribution is -2.58. The summed E-state index contributed by atoms with van der Waals surface area (Å²) in [6.07, 6.45) is 0.392. The lowest BCUT2D eigenvalue weighted by molar-refractivity contribution is -0.142. The van der Waals surface area contributed by atoms with Gasteiger partial charge in [0.05, 0.1) is 5.69 Å². The highest BCUT2D eigenvalue weighted by molar-refractivity contribution is 6.00. The minimum absolute atomic E-state index is 0.0253. The van der Waals surface area contributed by atoms with Gasteiger partial charge in [-0.25, -0.2) is 4.39 Å². The fraction of sp³-hybridized carbons (Fsp3) is 0.556. The molecule has 1 heterocycles. The zero-order valence-electron chi connectivity index (χ0n) is 14.5. The smallest absolute Gasteiger partial charge is 0.249 e. The predicted octanol–water partition coefficient (Wildman–Crippen LogP) is 3.13. The molecule has 0 aliphatic carbocycles. The molecule has 1 aliphatic heterocycles. The van der Waals surface area contributed by atoms with E-state index in [4.69, 9.17) is 0 Å². The molecular formula is C18H25FN2O2. The average Bonchev–Trinajstić information content (AvgIpc) is 2.42. The maximum Gasteiger partial charge on any atom is 0.249 e. The molecule has 1 saturated heterocycles. The fourth-order valence-corrected chi connectivity index (χ4v) is 2.84. The van der Waals surface area contributed by atoms with E-state index in [1.165, 1.54) is 11.0 Å². The van der Waals surface area contributed by atoms with Crippen LogP contribution in [-0.2, 0) is 9.59 Å². The van der Waals surface area contributed by atoms with E-state index in [-0.39, 0.29) is 17.2 Å². The number of carbonyl (C=O) groups excluding carboxylic acids is 2. The van der Waals surface area contributed by atoms with E-state index in [2.05, 4.69) is 0 Å². The number of benzene rings is 1. The van der Waals surface area contributed by atoms with Gasteiger partial charge in [0.15, 0.2) is 0 Å². The van der Waals surface area contributed by atoms with E-state index in [0.717, 1.165) is 5.56 Å². The van der Waals surface area contributed by atoms with Crippen LogP contribution in [0.4, 0.5) is 10.1 Å². The van der Waals surface area contributed by atoms with Crippen LogP contribution in [0, 0.1) is 18.2 Å². The fourth-order valence-electron chi connectivity index (χ4n) is 2.84. The van der Waals surface area contributed by atoms with Crippen LogP contribution in [0.1, 0.15) is 39.7 Å². The van der Waals surface area contributed by atoms with Gasteiger partial charge >= 0.3 is 0 Å². The van der Waals surface area contributed by atoms with Gasteiger partial charge in [-0.15, -0.1) is 0 Å². The first-order valence-corrected chi connectivity index (χ1v) is 7.97. The van der Waals surface area contributed by atoms with Crippen LogP contribution in [0.15, 0.2) is 18.2 Å². The van der Waals surface area contributed by atoms with Crippen molar-refractivity contribution in [3.05, 3.63) is 29.6 Å². The lowest BCUT2D eigenvalue weighted by atomic mass is 9.91. The summed E-state index contributed by atoms with van der Waals surface area (Å²) in [4.78, 5) is 28.1. The second kappa shape index (κ2) is 6.30. The van der Waals surface area contributed by atoms with Gasteiger partial charge in [-0.3, -0.25) is 9.59 Å². The molecule has 2 amide bonds. The summed E-state index contributed by atoms with van der Waals surface area (Å²) in [5.74, 6) is -0.670. The topological polar surface area (TPSA) is 40.6 Å². The van der Waals surface area contributed by atoms with Crippen LogP contribution in [0.25, 0.3) is 0 Å². The first-order chi connectivity index (χ1) is 10.6. The highest BCUT2D eigenvalue weighted by atomic mass is 19.1. The molecule has 0 bridgehead atoms. The van der Waals surface area contributed by atoms with E-state index in [1.54, 1.807) is 24.0 Å². The van der Waals surface area contributed by atoms with Gasteiger partial charge in [0.25, 0.3) is 0 Å². The van der Waals surface area contributed by atoms with Crippen LogP contribution in [-0.4, -0.2) is 35.8 Å². The summed E-state index contributed by atoms with van der Waals surface area (Å²) in [5.41, 5.74) is 1.07. The summed E-state index contributed by atoms with van der Waals surface area (Å²) in [6, 6.07) is 4.15. The van der Waals surface area contributed by atoms with Gasteiger partial charge in [0.2, 0.25) is 11.8 Å². The Bertz CT molecular complexity index is 622. The normalized spacial score (nSPS) is 19.2. The molecule has 0 aromatic heterocycles. The van der Waals surface area contributed by atoms with Crippen LogP contribution < -0.4 is 4.90 Å². The SMILES string of the molecule is Cc1ccc(F)c(N2CCN(C(=O)CC(C)(C)C)C(C)C2=O)c1. The standard InChI is InChI=1S/C18H25FN2O2/c1-12-6-7-14(19)15(10-12)21-9-8-20(13(2)17(21)23)16(22)11-18(3,4)5/h6-7,10,13H,8-9,11H2,1-5H3. The van der Waals surface area contributed by atoms with Crippen molar-refractivity contribution in [2.24, 2.45) is 5.41 Å². The molecule has 0 radical (unpaired) electrons. The maximum absolute atomic E-state index is 14.1. The Hall–Kier alpha value is -1.91. The molecule has 1 aromatic rings. The monoisotopic (exact) mass is 320 g/mol. The molecule has 5 heteroatoms. The summed E-state index contributed by atoms with van der Waals surface area (Å²) >= 11 is 0. The van der Waals surface area contributed by atoms with Crippen LogP contribution in [0.2, 0.25) is 0 Å². The van der Waals surface area contributed by atoms with E-state index in [0.29, 0.717) is 25.2 Å². The number of rotatable bonds is 2. The summed E-state index contributed by atoms with van der Waals surface area (Å²) in [6.45, 7) is 10.3. The number of hydrogen-bond acceptors (Lipinski definition) is 2. The number of piperazine rings is 1. The number of carbonyl (C=O) groups is 2. The highest BCUT2D eigenvalue weighted by Crippen LogP contribution is 2.27. The van der Waals surface area contributed by atoms with Crippen molar-refractivity contribution in [3.8, 4) is 0 Å². The zero-order chi connectivity index (χ0) is 17.4. The molecule has 4 nitrogen and oxygen atoms in total. The third kappa shape index (κ3) is 3.89. The van der Waals surface area contributed by atoms with E-state index in [9.17, 15) is 14.0 Å². The van der Waals surface area contributed by atoms with E-state index in [1.807, 2.05) is 27.7 Å². The Morgan fingerprint density at radius 1 is 1.30 bits per heavy atom. The van der Waals surface area contributed by atoms with Crippen molar-refractivity contribution in [2.45, 2.75) is 47.1 Å². The van der Waals surface area contributed by atoms with Gasteiger partial charge in [-0.1, -0.05) is 26.8 Å². The molecule has 1 aromatic carbocycles. The molecule has 1 aliphatic rings. The van der Waals surface area contributed by atoms with E-state index >= 15 is 0 Å². The number of nitrogens with zero attached hydrogens (tertiary/aromatic N) is 2.